The third kappa shape index (κ3) is 3.19. The van der Waals surface area contributed by atoms with Crippen LogP contribution in [0.15, 0.2) is 24.3 Å². The zero-order valence-corrected chi connectivity index (χ0v) is 10.8. The van der Waals surface area contributed by atoms with Gasteiger partial charge < -0.3 is 5.11 Å². The molecule has 0 aromatic heterocycles. The van der Waals surface area contributed by atoms with Crippen molar-refractivity contribution in [2.75, 3.05) is 0 Å². The molecule has 1 aromatic rings. The molecule has 0 aliphatic heterocycles. The van der Waals surface area contributed by atoms with Gasteiger partial charge in [-0.05, 0) is 55.0 Å². The molecule has 0 atom stereocenters. The fourth-order valence-electron chi connectivity index (χ4n) is 2.12. The molecule has 0 radical (unpaired) electrons. The summed E-state index contributed by atoms with van der Waals surface area (Å²) in [4.78, 5) is 11.1. The second kappa shape index (κ2) is 6.24. The van der Waals surface area contributed by atoms with Crippen LogP contribution in [0, 0.1) is 0 Å². The minimum atomic E-state index is -0.843. The minimum Gasteiger partial charge on any atom is -0.478 e. The van der Waals surface area contributed by atoms with Crippen LogP contribution < -0.4 is 0 Å². The molecule has 0 fully saturated rings. The largest absolute Gasteiger partial charge is 0.478 e. The van der Waals surface area contributed by atoms with E-state index in [0.717, 1.165) is 30.4 Å². The predicted octanol–water partition coefficient (Wildman–Crippen LogP) is 3.63. The second-order valence-electron chi connectivity index (χ2n) is 4.06. The average Bonchev–Trinajstić information content (AvgIpc) is 2.34. The maximum absolute atomic E-state index is 11.1. The molecule has 0 amide bonds. The summed E-state index contributed by atoms with van der Waals surface area (Å²) >= 11 is 0. The lowest BCUT2D eigenvalue weighted by atomic mass is 9.92. The van der Waals surface area contributed by atoms with E-state index in [1.807, 2.05) is 13.0 Å². The van der Waals surface area contributed by atoms with Gasteiger partial charge in [-0.3, -0.25) is 0 Å². The zero-order valence-electron chi connectivity index (χ0n) is 10.8. The van der Waals surface area contributed by atoms with Crippen molar-refractivity contribution in [2.24, 2.45) is 0 Å². The molecular weight excluding hydrogens is 212 g/mol. The van der Waals surface area contributed by atoms with E-state index in [-0.39, 0.29) is 0 Å². The summed E-state index contributed by atoms with van der Waals surface area (Å²) in [7, 11) is 0. The van der Waals surface area contributed by atoms with Crippen molar-refractivity contribution in [3.05, 3.63) is 46.5 Å². The Bertz CT molecular complexity index is 431. The third-order valence-electron chi connectivity index (χ3n) is 2.99. The summed E-state index contributed by atoms with van der Waals surface area (Å²) in [6, 6.07) is 3.61. The highest BCUT2D eigenvalue weighted by molar-refractivity contribution is 5.88. The van der Waals surface area contributed by atoms with E-state index in [4.69, 9.17) is 5.11 Å². The van der Waals surface area contributed by atoms with E-state index in [9.17, 15) is 4.79 Å². The Morgan fingerprint density at radius 3 is 2.35 bits per heavy atom. The number of carboxylic acids is 1. The van der Waals surface area contributed by atoms with Crippen molar-refractivity contribution in [1.82, 2.24) is 0 Å². The number of aryl methyl sites for hydroxylation is 1. The van der Waals surface area contributed by atoms with Gasteiger partial charge in [-0.15, -0.1) is 0 Å². The average molecular weight is 232 g/mol. The molecule has 17 heavy (non-hydrogen) atoms. The van der Waals surface area contributed by atoms with E-state index < -0.39 is 5.97 Å². The summed E-state index contributed by atoms with van der Waals surface area (Å²) < 4.78 is 0. The first kappa shape index (κ1) is 13.5. The Labute approximate surface area is 103 Å². The Balaban J connectivity index is 3.31. The zero-order chi connectivity index (χ0) is 12.8. The molecule has 1 aromatic carbocycles. The highest BCUT2D eigenvalue weighted by Gasteiger charge is 2.11. The molecule has 92 valence electrons. The van der Waals surface area contributed by atoms with Gasteiger partial charge in [0.15, 0.2) is 0 Å². The maximum Gasteiger partial charge on any atom is 0.335 e. The number of hydrogen-bond donors (Lipinski definition) is 1. The lowest BCUT2D eigenvalue weighted by Crippen LogP contribution is -2.04. The first-order chi connectivity index (χ1) is 8.13. The lowest BCUT2D eigenvalue weighted by Gasteiger charge is -2.13. The van der Waals surface area contributed by atoms with E-state index in [1.54, 1.807) is 12.1 Å². The summed E-state index contributed by atoms with van der Waals surface area (Å²) in [5.74, 6) is -0.843. The summed E-state index contributed by atoms with van der Waals surface area (Å²) in [6.07, 6.45) is 6.72. The van der Waals surface area contributed by atoms with Crippen LogP contribution in [-0.4, -0.2) is 11.1 Å². The molecule has 2 heteroatoms. The third-order valence-corrected chi connectivity index (χ3v) is 2.99. The number of rotatable bonds is 5. The number of allylic oxidation sites excluding steroid dienone is 2. The van der Waals surface area contributed by atoms with Gasteiger partial charge in [0.25, 0.3) is 0 Å². The van der Waals surface area contributed by atoms with Crippen LogP contribution in [0.4, 0.5) is 0 Å². The number of benzene rings is 1. The van der Waals surface area contributed by atoms with Crippen molar-refractivity contribution < 1.29 is 9.90 Å². The molecule has 2 nitrogen and oxygen atoms in total. The van der Waals surface area contributed by atoms with E-state index in [2.05, 4.69) is 19.9 Å². The molecule has 0 aliphatic carbocycles. The van der Waals surface area contributed by atoms with Crippen LogP contribution in [0.5, 0.6) is 0 Å². The molecule has 1 rings (SSSR count). The van der Waals surface area contributed by atoms with Gasteiger partial charge in [-0.1, -0.05) is 26.0 Å². The number of carbonyl (C=O) groups is 1. The quantitative estimate of drug-likeness (QED) is 0.787. The topological polar surface area (TPSA) is 37.3 Å². The SMILES string of the molecule is C/C=C\Cc1cc(C(=O)O)cc(CC)c1CC. The minimum absolute atomic E-state index is 0.401. The van der Waals surface area contributed by atoms with Crippen LogP contribution >= 0.6 is 0 Å². The normalized spacial score (nSPS) is 11.0. The molecule has 0 saturated heterocycles. The highest BCUT2D eigenvalue weighted by atomic mass is 16.4. The molecule has 0 spiro atoms. The molecular formula is C15H20O2. The van der Waals surface area contributed by atoms with Crippen molar-refractivity contribution in [3.8, 4) is 0 Å². The van der Waals surface area contributed by atoms with E-state index >= 15 is 0 Å². The highest BCUT2D eigenvalue weighted by Crippen LogP contribution is 2.20. The summed E-state index contributed by atoms with van der Waals surface area (Å²) in [6.45, 7) is 6.17. The van der Waals surface area contributed by atoms with Gasteiger partial charge in [0.05, 0.1) is 5.56 Å². The van der Waals surface area contributed by atoms with Gasteiger partial charge >= 0.3 is 5.97 Å². The molecule has 0 saturated carbocycles. The van der Waals surface area contributed by atoms with E-state index in [0.29, 0.717) is 5.56 Å². The molecule has 1 N–H and O–H groups in total. The van der Waals surface area contributed by atoms with Gasteiger partial charge in [0.2, 0.25) is 0 Å². The van der Waals surface area contributed by atoms with E-state index in [1.165, 1.54) is 5.56 Å². The Kier molecular flexibility index (Phi) is 4.95. The van der Waals surface area contributed by atoms with Crippen molar-refractivity contribution >= 4 is 5.97 Å². The lowest BCUT2D eigenvalue weighted by molar-refractivity contribution is 0.0696. The number of carboxylic acid groups (broad SMARTS) is 1. The number of hydrogen-bond acceptors (Lipinski definition) is 1. The smallest absolute Gasteiger partial charge is 0.335 e. The molecule has 0 bridgehead atoms. The summed E-state index contributed by atoms with van der Waals surface area (Å²) in [5.41, 5.74) is 4.00. The standard InChI is InChI=1S/C15H20O2/c1-4-7-8-12-10-13(15(16)17)9-11(5-2)14(12)6-3/h4,7,9-10H,5-6,8H2,1-3H3,(H,16,17)/b7-4-. The van der Waals surface area contributed by atoms with Crippen LogP contribution in [0.25, 0.3) is 0 Å². The molecule has 0 unspecified atom stereocenters. The second-order valence-corrected chi connectivity index (χ2v) is 4.06. The molecule has 0 aliphatic rings. The van der Waals surface area contributed by atoms with Crippen molar-refractivity contribution in [1.29, 1.82) is 0 Å². The maximum atomic E-state index is 11.1. The monoisotopic (exact) mass is 232 g/mol. The van der Waals surface area contributed by atoms with Crippen LogP contribution in [0.1, 0.15) is 47.8 Å². The van der Waals surface area contributed by atoms with Crippen LogP contribution in [-0.2, 0) is 19.3 Å². The molecule has 0 heterocycles. The first-order valence-electron chi connectivity index (χ1n) is 6.13. The first-order valence-corrected chi connectivity index (χ1v) is 6.13. The number of aromatic carboxylic acids is 1. The predicted molar refractivity (Wildman–Crippen MR) is 70.7 cm³/mol. The van der Waals surface area contributed by atoms with Crippen LogP contribution in [0.3, 0.4) is 0 Å². The van der Waals surface area contributed by atoms with Gasteiger partial charge in [0, 0.05) is 0 Å². The fraction of sp³-hybridized carbons (Fsp3) is 0.400. The van der Waals surface area contributed by atoms with Crippen molar-refractivity contribution in [3.63, 3.8) is 0 Å². The Morgan fingerprint density at radius 2 is 1.88 bits per heavy atom. The van der Waals surface area contributed by atoms with Crippen molar-refractivity contribution in [2.45, 2.75) is 40.0 Å². The Morgan fingerprint density at radius 1 is 1.24 bits per heavy atom. The van der Waals surface area contributed by atoms with Gasteiger partial charge in [-0.2, -0.15) is 0 Å². The van der Waals surface area contributed by atoms with Gasteiger partial charge in [-0.25, -0.2) is 4.79 Å². The van der Waals surface area contributed by atoms with Crippen LogP contribution in [0.2, 0.25) is 0 Å². The Hall–Kier alpha value is -1.57. The summed E-state index contributed by atoms with van der Waals surface area (Å²) in [5, 5.41) is 9.10. The van der Waals surface area contributed by atoms with Gasteiger partial charge in [0.1, 0.15) is 0 Å². The fourth-order valence-corrected chi connectivity index (χ4v) is 2.12.